The molecule has 0 bridgehead atoms. The predicted octanol–water partition coefficient (Wildman–Crippen LogP) is 2.38. The fourth-order valence-corrected chi connectivity index (χ4v) is 1.52. The number of rotatable bonds is 5. The first kappa shape index (κ1) is 12.2. The molecule has 0 aliphatic rings. The maximum atomic E-state index is 6.10. The van der Waals surface area contributed by atoms with Crippen molar-refractivity contribution in [2.75, 3.05) is 0 Å². The quantitative estimate of drug-likeness (QED) is 0.809. The number of nitrogens with zero attached hydrogens (tertiary/aromatic N) is 2. The second-order valence-electron chi connectivity index (χ2n) is 4.63. The van der Waals surface area contributed by atoms with Crippen molar-refractivity contribution in [2.45, 2.75) is 52.6 Å². The largest absolute Gasteiger partial charge is 0.327 e. The molecule has 0 fully saturated rings. The van der Waals surface area contributed by atoms with Crippen molar-refractivity contribution in [3.63, 3.8) is 0 Å². The summed E-state index contributed by atoms with van der Waals surface area (Å²) in [6, 6.07) is 2.73. The summed E-state index contributed by atoms with van der Waals surface area (Å²) in [6.45, 7) is 8.64. The van der Waals surface area contributed by atoms with E-state index in [0.29, 0.717) is 12.0 Å². The van der Waals surface area contributed by atoms with Crippen molar-refractivity contribution in [3.8, 4) is 0 Å². The summed E-state index contributed by atoms with van der Waals surface area (Å²) >= 11 is 0. The van der Waals surface area contributed by atoms with E-state index in [9.17, 15) is 0 Å². The van der Waals surface area contributed by atoms with Gasteiger partial charge in [0.2, 0.25) is 0 Å². The average molecular weight is 209 g/mol. The zero-order chi connectivity index (χ0) is 11.4. The molecule has 1 aromatic rings. The maximum absolute atomic E-state index is 6.10. The molecule has 86 valence electrons. The summed E-state index contributed by atoms with van der Waals surface area (Å²) in [6.07, 6.45) is 4.05. The first-order valence-corrected chi connectivity index (χ1v) is 5.84. The highest BCUT2D eigenvalue weighted by Crippen LogP contribution is 2.11. The Morgan fingerprint density at radius 1 is 1.40 bits per heavy atom. The minimum atomic E-state index is 0.227. The molecule has 0 aromatic carbocycles. The van der Waals surface area contributed by atoms with Gasteiger partial charge in [-0.2, -0.15) is 5.10 Å². The average Bonchev–Trinajstić information content (AvgIpc) is 2.65. The first-order valence-electron chi connectivity index (χ1n) is 5.84. The van der Waals surface area contributed by atoms with Gasteiger partial charge >= 0.3 is 0 Å². The molecule has 2 unspecified atom stereocenters. The second-order valence-corrected chi connectivity index (χ2v) is 4.63. The molecule has 15 heavy (non-hydrogen) atoms. The van der Waals surface area contributed by atoms with Gasteiger partial charge in [-0.3, -0.25) is 4.68 Å². The zero-order valence-electron chi connectivity index (χ0n) is 10.3. The highest BCUT2D eigenvalue weighted by atomic mass is 15.3. The molecule has 0 radical (unpaired) electrons. The summed E-state index contributed by atoms with van der Waals surface area (Å²) in [5, 5.41) is 4.50. The lowest BCUT2D eigenvalue weighted by molar-refractivity contribution is 0.433. The molecule has 3 nitrogen and oxygen atoms in total. The Hall–Kier alpha value is -0.830. The smallest absolute Gasteiger partial charge is 0.0640 e. The van der Waals surface area contributed by atoms with Gasteiger partial charge in [-0.1, -0.05) is 20.3 Å². The van der Waals surface area contributed by atoms with Crippen molar-refractivity contribution in [3.05, 3.63) is 18.0 Å². The standard InChI is InChI=1S/C12H23N3/c1-5-10(4)12(13)8-11-6-7-15(14-11)9(2)3/h6-7,9-10,12H,5,8,13H2,1-4H3. The van der Waals surface area contributed by atoms with E-state index < -0.39 is 0 Å². The summed E-state index contributed by atoms with van der Waals surface area (Å²) in [7, 11) is 0. The van der Waals surface area contributed by atoms with Gasteiger partial charge in [0, 0.05) is 24.7 Å². The minimum Gasteiger partial charge on any atom is -0.327 e. The van der Waals surface area contributed by atoms with Gasteiger partial charge in [0.1, 0.15) is 0 Å². The van der Waals surface area contributed by atoms with Crippen LogP contribution < -0.4 is 5.73 Å². The fraction of sp³-hybridized carbons (Fsp3) is 0.750. The van der Waals surface area contributed by atoms with Crippen molar-refractivity contribution in [2.24, 2.45) is 11.7 Å². The Kier molecular flexibility index (Phi) is 4.33. The number of aromatic nitrogens is 2. The van der Waals surface area contributed by atoms with Crippen LogP contribution in [0.5, 0.6) is 0 Å². The van der Waals surface area contributed by atoms with Gasteiger partial charge in [-0.15, -0.1) is 0 Å². The molecule has 2 N–H and O–H groups in total. The fourth-order valence-electron chi connectivity index (χ4n) is 1.52. The molecule has 0 saturated carbocycles. The normalized spacial score (nSPS) is 15.6. The third-order valence-corrected chi connectivity index (χ3v) is 3.01. The van der Waals surface area contributed by atoms with Crippen molar-refractivity contribution < 1.29 is 0 Å². The van der Waals surface area contributed by atoms with Crippen LogP contribution in [0.2, 0.25) is 0 Å². The van der Waals surface area contributed by atoms with E-state index in [1.807, 2.05) is 10.9 Å². The monoisotopic (exact) mass is 209 g/mol. The van der Waals surface area contributed by atoms with Crippen molar-refractivity contribution in [1.29, 1.82) is 0 Å². The van der Waals surface area contributed by atoms with E-state index in [2.05, 4.69) is 38.9 Å². The van der Waals surface area contributed by atoms with Crippen LogP contribution in [-0.2, 0) is 6.42 Å². The van der Waals surface area contributed by atoms with Gasteiger partial charge in [0.05, 0.1) is 5.69 Å². The Bertz CT molecular complexity index is 291. The van der Waals surface area contributed by atoms with Gasteiger partial charge in [0.15, 0.2) is 0 Å². The summed E-state index contributed by atoms with van der Waals surface area (Å²) in [5.41, 5.74) is 7.20. The van der Waals surface area contributed by atoms with Crippen LogP contribution in [-0.4, -0.2) is 15.8 Å². The Morgan fingerprint density at radius 2 is 2.07 bits per heavy atom. The highest BCUT2D eigenvalue weighted by molar-refractivity contribution is 5.02. The number of hydrogen-bond acceptors (Lipinski definition) is 2. The number of nitrogens with two attached hydrogens (primary N) is 1. The van der Waals surface area contributed by atoms with Crippen molar-refractivity contribution >= 4 is 0 Å². The van der Waals surface area contributed by atoms with Crippen LogP contribution >= 0.6 is 0 Å². The SMILES string of the molecule is CCC(C)C(N)Cc1ccn(C(C)C)n1. The van der Waals surface area contributed by atoms with E-state index in [1.54, 1.807) is 0 Å². The molecule has 0 aliphatic heterocycles. The third-order valence-electron chi connectivity index (χ3n) is 3.01. The lowest BCUT2D eigenvalue weighted by Crippen LogP contribution is -2.30. The zero-order valence-corrected chi connectivity index (χ0v) is 10.3. The van der Waals surface area contributed by atoms with E-state index in [-0.39, 0.29) is 6.04 Å². The van der Waals surface area contributed by atoms with E-state index in [4.69, 9.17) is 5.73 Å². The summed E-state index contributed by atoms with van der Waals surface area (Å²) < 4.78 is 1.98. The molecule has 0 amide bonds. The second kappa shape index (κ2) is 5.31. The van der Waals surface area contributed by atoms with Crippen LogP contribution in [0.15, 0.2) is 12.3 Å². The Morgan fingerprint density at radius 3 is 2.53 bits per heavy atom. The Balaban J connectivity index is 2.57. The lowest BCUT2D eigenvalue weighted by atomic mass is 9.96. The molecule has 1 rings (SSSR count). The van der Waals surface area contributed by atoms with Crippen LogP contribution in [0.25, 0.3) is 0 Å². The lowest BCUT2D eigenvalue weighted by Gasteiger charge is -2.16. The molecular formula is C12H23N3. The summed E-state index contributed by atoms with van der Waals surface area (Å²) in [4.78, 5) is 0. The van der Waals surface area contributed by atoms with Gasteiger partial charge < -0.3 is 5.73 Å². The number of hydrogen-bond donors (Lipinski definition) is 1. The predicted molar refractivity (Wildman–Crippen MR) is 63.7 cm³/mol. The van der Waals surface area contributed by atoms with Gasteiger partial charge in [0.25, 0.3) is 0 Å². The first-order chi connectivity index (χ1) is 7.04. The minimum absolute atomic E-state index is 0.227. The third kappa shape index (κ3) is 3.34. The molecule has 0 saturated heterocycles. The van der Waals surface area contributed by atoms with Crippen LogP contribution in [0.1, 0.15) is 45.9 Å². The van der Waals surface area contributed by atoms with Crippen LogP contribution in [0.3, 0.4) is 0 Å². The van der Waals surface area contributed by atoms with Gasteiger partial charge in [-0.25, -0.2) is 0 Å². The Labute approximate surface area is 92.7 Å². The van der Waals surface area contributed by atoms with Crippen LogP contribution in [0.4, 0.5) is 0 Å². The van der Waals surface area contributed by atoms with Crippen molar-refractivity contribution in [1.82, 2.24) is 9.78 Å². The molecule has 1 aromatic heterocycles. The molecule has 0 spiro atoms. The van der Waals surface area contributed by atoms with Gasteiger partial charge in [-0.05, 0) is 25.8 Å². The molecule has 3 heteroatoms. The summed E-state index contributed by atoms with van der Waals surface area (Å²) in [5.74, 6) is 0.564. The van der Waals surface area contributed by atoms with E-state index in [0.717, 1.165) is 18.5 Å². The van der Waals surface area contributed by atoms with Crippen LogP contribution in [0, 0.1) is 5.92 Å². The maximum Gasteiger partial charge on any atom is 0.0640 e. The highest BCUT2D eigenvalue weighted by Gasteiger charge is 2.13. The topological polar surface area (TPSA) is 43.8 Å². The molecule has 1 heterocycles. The molecule has 0 aliphatic carbocycles. The molecular weight excluding hydrogens is 186 g/mol. The van der Waals surface area contributed by atoms with E-state index >= 15 is 0 Å². The van der Waals surface area contributed by atoms with E-state index in [1.165, 1.54) is 0 Å². The molecule has 2 atom stereocenters.